The summed E-state index contributed by atoms with van der Waals surface area (Å²) in [5.41, 5.74) is 7.57. The first kappa shape index (κ1) is 29.4. The fraction of sp³-hybridized carbons (Fsp3) is 0.273. The fourth-order valence-electron chi connectivity index (χ4n) is 4.82. The van der Waals surface area contributed by atoms with Gasteiger partial charge < -0.3 is 20.5 Å². The highest BCUT2D eigenvalue weighted by molar-refractivity contribution is 6.36. The standard InChI is InChI=1S/C33H35ClN6O2/c1-20-23(9-7-12-26(20)39-31-30-28(13-8-16-36-30)37-21(2)38-31)24-10-6-11-25(29(24)34)27-15-14-22(32(40-27)42-5)17-35-18-33(3,4)19-41/h6-16,35,41H,17-19H2,1-5H3,(H,37,38,39). The maximum atomic E-state index is 9.53. The molecule has 8 nitrogen and oxygen atoms in total. The van der Waals surface area contributed by atoms with E-state index in [1.54, 1.807) is 13.3 Å². The average molecular weight is 583 g/mol. The zero-order valence-corrected chi connectivity index (χ0v) is 25.3. The average Bonchev–Trinajstić information content (AvgIpc) is 2.98. The Morgan fingerprint density at radius 3 is 2.45 bits per heavy atom. The number of methoxy groups -OCH3 is 1. The second-order valence-corrected chi connectivity index (χ2v) is 11.4. The molecule has 0 aliphatic rings. The largest absolute Gasteiger partial charge is 0.481 e. The minimum Gasteiger partial charge on any atom is -0.481 e. The van der Waals surface area contributed by atoms with Gasteiger partial charge in [0, 0.05) is 53.7 Å². The smallest absolute Gasteiger partial charge is 0.218 e. The molecule has 42 heavy (non-hydrogen) atoms. The van der Waals surface area contributed by atoms with E-state index in [1.807, 2.05) is 75.4 Å². The first-order valence-electron chi connectivity index (χ1n) is 13.8. The number of aryl methyl sites for hydroxylation is 1. The summed E-state index contributed by atoms with van der Waals surface area (Å²) in [4.78, 5) is 18.4. The molecule has 0 saturated heterocycles. The van der Waals surface area contributed by atoms with E-state index in [2.05, 4.69) is 38.6 Å². The van der Waals surface area contributed by atoms with Gasteiger partial charge in [-0.2, -0.15) is 0 Å². The molecule has 0 aliphatic heterocycles. The van der Waals surface area contributed by atoms with Crippen LogP contribution < -0.4 is 15.4 Å². The number of aliphatic hydroxyl groups is 1. The topological polar surface area (TPSA) is 105 Å². The van der Waals surface area contributed by atoms with Crippen LogP contribution in [0.3, 0.4) is 0 Å². The van der Waals surface area contributed by atoms with Crippen molar-refractivity contribution >= 4 is 34.1 Å². The maximum Gasteiger partial charge on any atom is 0.218 e. The summed E-state index contributed by atoms with van der Waals surface area (Å²) in [5.74, 6) is 1.86. The third-order valence-electron chi connectivity index (χ3n) is 7.20. The second-order valence-electron chi connectivity index (χ2n) is 11.1. The van der Waals surface area contributed by atoms with Gasteiger partial charge in [-0.25, -0.2) is 15.0 Å². The molecule has 0 saturated carbocycles. The van der Waals surface area contributed by atoms with Crippen molar-refractivity contribution in [3.63, 3.8) is 0 Å². The summed E-state index contributed by atoms with van der Waals surface area (Å²) in [7, 11) is 1.62. The molecule has 5 aromatic rings. The molecule has 0 aliphatic carbocycles. The molecule has 0 spiro atoms. The van der Waals surface area contributed by atoms with Gasteiger partial charge in [-0.05, 0) is 49.2 Å². The van der Waals surface area contributed by atoms with Crippen LogP contribution in [0.4, 0.5) is 11.5 Å². The lowest BCUT2D eigenvalue weighted by atomic mass is 9.95. The summed E-state index contributed by atoms with van der Waals surface area (Å²) in [5, 5.41) is 17.0. The van der Waals surface area contributed by atoms with E-state index in [-0.39, 0.29) is 12.0 Å². The third-order valence-corrected chi connectivity index (χ3v) is 7.60. The van der Waals surface area contributed by atoms with Gasteiger partial charge in [-0.3, -0.25) is 4.98 Å². The van der Waals surface area contributed by atoms with Crippen molar-refractivity contribution in [3.05, 3.63) is 88.8 Å². The van der Waals surface area contributed by atoms with Crippen LogP contribution in [-0.2, 0) is 6.54 Å². The van der Waals surface area contributed by atoms with Crippen LogP contribution >= 0.6 is 11.6 Å². The molecule has 3 heterocycles. The maximum absolute atomic E-state index is 9.53. The van der Waals surface area contributed by atoms with Crippen LogP contribution in [-0.4, -0.2) is 45.3 Å². The van der Waals surface area contributed by atoms with E-state index >= 15 is 0 Å². The number of pyridine rings is 2. The van der Waals surface area contributed by atoms with Crippen molar-refractivity contribution in [1.82, 2.24) is 25.3 Å². The van der Waals surface area contributed by atoms with Crippen LogP contribution in [0.5, 0.6) is 5.88 Å². The third kappa shape index (κ3) is 6.21. The number of rotatable bonds is 10. The van der Waals surface area contributed by atoms with E-state index in [0.717, 1.165) is 44.7 Å². The minimum absolute atomic E-state index is 0.107. The van der Waals surface area contributed by atoms with Gasteiger partial charge in [-0.1, -0.05) is 61.8 Å². The van der Waals surface area contributed by atoms with E-state index in [4.69, 9.17) is 21.3 Å². The Morgan fingerprint density at radius 1 is 0.905 bits per heavy atom. The van der Waals surface area contributed by atoms with Gasteiger partial charge in [0.15, 0.2) is 5.82 Å². The zero-order chi connectivity index (χ0) is 29.9. The second kappa shape index (κ2) is 12.4. The van der Waals surface area contributed by atoms with Gasteiger partial charge in [0.25, 0.3) is 0 Å². The summed E-state index contributed by atoms with van der Waals surface area (Å²) in [6.07, 6.45) is 1.74. The van der Waals surface area contributed by atoms with Crippen molar-refractivity contribution < 1.29 is 9.84 Å². The Morgan fingerprint density at radius 2 is 1.67 bits per heavy atom. The molecule has 9 heteroatoms. The highest BCUT2D eigenvalue weighted by Gasteiger charge is 2.18. The molecular weight excluding hydrogens is 548 g/mol. The molecule has 3 N–H and O–H groups in total. The number of fused-ring (bicyclic) bond motifs is 1. The van der Waals surface area contributed by atoms with Crippen molar-refractivity contribution in [2.45, 2.75) is 34.2 Å². The van der Waals surface area contributed by atoms with Gasteiger partial charge in [0.1, 0.15) is 11.3 Å². The van der Waals surface area contributed by atoms with Gasteiger partial charge in [0.2, 0.25) is 5.88 Å². The number of aliphatic hydroxyl groups excluding tert-OH is 1. The van der Waals surface area contributed by atoms with Crippen molar-refractivity contribution in [3.8, 4) is 28.3 Å². The SMILES string of the molecule is COc1nc(-c2cccc(-c3cccc(Nc4nc(C)nc5cccnc45)c3C)c2Cl)ccc1CNCC(C)(C)CO. The lowest BCUT2D eigenvalue weighted by Gasteiger charge is -2.22. The number of nitrogens with zero attached hydrogens (tertiary/aromatic N) is 4. The highest BCUT2D eigenvalue weighted by atomic mass is 35.5. The summed E-state index contributed by atoms with van der Waals surface area (Å²) < 4.78 is 5.63. The number of hydrogen-bond acceptors (Lipinski definition) is 8. The van der Waals surface area contributed by atoms with E-state index in [0.29, 0.717) is 41.2 Å². The molecule has 0 fully saturated rings. The monoisotopic (exact) mass is 582 g/mol. The number of anilines is 2. The van der Waals surface area contributed by atoms with Crippen LogP contribution in [0.2, 0.25) is 5.02 Å². The molecule has 5 rings (SSSR count). The van der Waals surface area contributed by atoms with E-state index < -0.39 is 0 Å². The molecule has 0 atom stereocenters. The lowest BCUT2D eigenvalue weighted by molar-refractivity contribution is 0.156. The lowest BCUT2D eigenvalue weighted by Crippen LogP contribution is -2.32. The fourth-order valence-corrected chi connectivity index (χ4v) is 5.15. The summed E-state index contributed by atoms with van der Waals surface area (Å²) >= 11 is 7.08. The van der Waals surface area contributed by atoms with Gasteiger partial charge in [0.05, 0.1) is 23.3 Å². The first-order chi connectivity index (χ1) is 20.2. The number of ether oxygens (including phenoxy) is 1. The summed E-state index contributed by atoms with van der Waals surface area (Å²) in [6.45, 7) is 9.30. The van der Waals surface area contributed by atoms with Crippen LogP contribution in [0.25, 0.3) is 33.4 Å². The Kier molecular flexibility index (Phi) is 8.68. The van der Waals surface area contributed by atoms with Crippen molar-refractivity contribution in [2.75, 3.05) is 25.6 Å². The molecule has 0 radical (unpaired) electrons. The first-order valence-corrected chi connectivity index (χ1v) is 14.2. The number of halogens is 1. The Hall–Kier alpha value is -4.11. The highest BCUT2D eigenvalue weighted by Crippen LogP contribution is 2.40. The molecule has 0 unspecified atom stereocenters. The number of nitrogens with one attached hydrogen (secondary N) is 2. The predicted molar refractivity (Wildman–Crippen MR) is 169 cm³/mol. The molecule has 216 valence electrons. The van der Waals surface area contributed by atoms with Gasteiger partial charge in [-0.15, -0.1) is 0 Å². The van der Waals surface area contributed by atoms with Crippen LogP contribution in [0.15, 0.2) is 66.9 Å². The minimum atomic E-state index is -0.210. The zero-order valence-electron chi connectivity index (χ0n) is 24.5. The van der Waals surface area contributed by atoms with Crippen molar-refractivity contribution in [2.24, 2.45) is 5.41 Å². The molecule has 3 aromatic heterocycles. The Labute approximate surface area is 251 Å². The normalized spacial score (nSPS) is 11.6. The molecular formula is C33H35ClN6O2. The van der Waals surface area contributed by atoms with Crippen molar-refractivity contribution in [1.29, 1.82) is 0 Å². The Balaban J connectivity index is 1.46. The molecule has 2 aromatic carbocycles. The Bertz CT molecular complexity index is 1740. The molecule has 0 amide bonds. The van der Waals surface area contributed by atoms with Crippen LogP contribution in [0, 0.1) is 19.3 Å². The number of aromatic nitrogens is 4. The van der Waals surface area contributed by atoms with E-state index in [1.165, 1.54) is 0 Å². The van der Waals surface area contributed by atoms with Crippen LogP contribution in [0.1, 0.15) is 30.8 Å². The molecule has 0 bridgehead atoms. The van der Waals surface area contributed by atoms with Gasteiger partial charge >= 0.3 is 0 Å². The quantitative estimate of drug-likeness (QED) is 0.164. The number of benzene rings is 2. The number of hydrogen-bond donors (Lipinski definition) is 3. The predicted octanol–water partition coefficient (Wildman–Crippen LogP) is 6.88. The van der Waals surface area contributed by atoms with E-state index in [9.17, 15) is 5.11 Å². The summed E-state index contributed by atoms with van der Waals surface area (Å²) in [6, 6.07) is 19.8.